The molecule has 0 bridgehead atoms. The van der Waals surface area contributed by atoms with Crippen molar-refractivity contribution in [3.8, 4) is 0 Å². The van der Waals surface area contributed by atoms with Gasteiger partial charge in [0.25, 0.3) is 5.91 Å². The van der Waals surface area contributed by atoms with Crippen LogP contribution in [0.5, 0.6) is 0 Å². The van der Waals surface area contributed by atoms with Crippen LogP contribution in [0.1, 0.15) is 15.9 Å². The molecule has 0 spiro atoms. The number of amides is 1. The number of likely N-dealkylation sites (N-methyl/N-ethyl adjacent to an activating group) is 1. The van der Waals surface area contributed by atoms with E-state index in [0.29, 0.717) is 12.1 Å². The van der Waals surface area contributed by atoms with Gasteiger partial charge < -0.3 is 9.64 Å². The van der Waals surface area contributed by atoms with E-state index in [0.717, 1.165) is 5.56 Å². The molecule has 108 valence electrons. The van der Waals surface area contributed by atoms with Crippen molar-refractivity contribution in [2.75, 3.05) is 13.7 Å². The minimum absolute atomic E-state index is 0.249. The second kappa shape index (κ2) is 7.19. The van der Waals surface area contributed by atoms with Crippen molar-refractivity contribution in [2.45, 2.75) is 6.54 Å². The highest BCUT2D eigenvalue weighted by molar-refractivity contribution is 5.91. The van der Waals surface area contributed by atoms with Crippen LogP contribution in [0.2, 0.25) is 0 Å². The summed E-state index contributed by atoms with van der Waals surface area (Å²) in [6.07, 6.45) is 3.00. The Morgan fingerprint density at radius 2 is 1.76 bits per heavy atom. The van der Waals surface area contributed by atoms with E-state index < -0.39 is 5.97 Å². The van der Waals surface area contributed by atoms with Crippen LogP contribution in [0.4, 0.5) is 0 Å². The van der Waals surface area contributed by atoms with Gasteiger partial charge in [-0.15, -0.1) is 0 Å². The highest BCUT2D eigenvalue weighted by Gasteiger charge is 2.13. The highest BCUT2D eigenvalue weighted by Crippen LogP contribution is 2.04. The molecule has 0 fully saturated rings. The number of esters is 1. The van der Waals surface area contributed by atoms with Crippen molar-refractivity contribution < 1.29 is 14.3 Å². The summed E-state index contributed by atoms with van der Waals surface area (Å²) >= 11 is 0. The Hall–Kier alpha value is -2.69. The second-order valence-electron chi connectivity index (χ2n) is 4.55. The lowest BCUT2D eigenvalue weighted by atomic mass is 10.2. The number of nitrogens with zero attached hydrogens (tertiary/aromatic N) is 2. The standard InChI is InChI=1S/C16H16N2O3/c1-18(11-13-5-3-2-4-6-13)15(19)12-21-16(20)14-7-9-17-10-8-14/h2-10H,11-12H2,1H3. The first-order valence-corrected chi connectivity index (χ1v) is 6.52. The number of ether oxygens (including phenoxy) is 1. The number of pyridine rings is 1. The molecule has 1 aromatic heterocycles. The van der Waals surface area contributed by atoms with Crippen LogP contribution in [0, 0.1) is 0 Å². The first-order valence-electron chi connectivity index (χ1n) is 6.52. The van der Waals surface area contributed by atoms with E-state index in [1.54, 1.807) is 19.2 Å². The molecule has 0 unspecified atom stereocenters. The number of carbonyl (C=O) groups excluding carboxylic acids is 2. The fourth-order valence-corrected chi connectivity index (χ4v) is 1.75. The summed E-state index contributed by atoms with van der Waals surface area (Å²) < 4.78 is 4.99. The Bertz CT molecular complexity index is 599. The van der Waals surface area contributed by atoms with Gasteiger partial charge >= 0.3 is 5.97 Å². The summed E-state index contributed by atoms with van der Waals surface area (Å²) in [4.78, 5) is 29.0. The van der Waals surface area contributed by atoms with Gasteiger partial charge in [0, 0.05) is 26.0 Å². The number of hydrogen-bond acceptors (Lipinski definition) is 4. The van der Waals surface area contributed by atoms with Gasteiger partial charge in [0.15, 0.2) is 6.61 Å². The Balaban J connectivity index is 1.83. The third-order valence-corrected chi connectivity index (χ3v) is 2.93. The summed E-state index contributed by atoms with van der Waals surface area (Å²) in [6.45, 7) is 0.205. The topological polar surface area (TPSA) is 59.5 Å². The number of hydrogen-bond donors (Lipinski definition) is 0. The second-order valence-corrected chi connectivity index (χ2v) is 4.55. The highest BCUT2D eigenvalue weighted by atomic mass is 16.5. The molecule has 2 rings (SSSR count). The molecule has 0 saturated heterocycles. The molecule has 5 nitrogen and oxygen atoms in total. The predicted molar refractivity (Wildman–Crippen MR) is 77.4 cm³/mol. The largest absolute Gasteiger partial charge is 0.452 e. The summed E-state index contributed by atoms with van der Waals surface area (Å²) in [5.41, 5.74) is 1.40. The number of rotatable bonds is 5. The van der Waals surface area contributed by atoms with Gasteiger partial charge in [-0.1, -0.05) is 30.3 Å². The summed E-state index contributed by atoms with van der Waals surface area (Å²) in [5, 5.41) is 0. The first-order chi connectivity index (χ1) is 10.2. The van der Waals surface area contributed by atoms with Gasteiger partial charge in [0.2, 0.25) is 0 Å². The maximum absolute atomic E-state index is 11.9. The molecule has 0 aliphatic heterocycles. The molecule has 0 saturated carbocycles. The van der Waals surface area contributed by atoms with Crippen LogP contribution < -0.4 is 0 Å². The van der Waals surface area contributed by atoms with Gasteiger partial charge in [-0.05, 0) is 17.7 Å². The molecule has 5 heteroatoms. The molecule has 2 aromatic rings. The molecule has 1 heterocycles. The van der Waals surface area contributed by atoms with Crippen molar-refractivity contribution in [3.05, 3.63) is 66.0 Å². The molecule has 1 aromatic carbocycles. The minimum Gasteiger partial charge on any atom is -0.452 e. The monoisotopic (exact) mass is 284 g/mol. The summed E-state index contributed by atoms with van der Waals surface area (Å²) in [5.74, 6) is -0.778. The first kappa shape index (κ1) is 14.7. The van der Waals surface area contributed by atoms with Crippen LogP contribution in [0.15, 0.2) is 54.9 Å². The normalized spacial score (nSPS) is 9.95. The van der Waals surface area contributed by atoms with E-state index in [-0.39, 0.29) is 12.5 Å². The van der Waals surface area contributed by atoms with Gasteiger partial charge in [-0.25, -0.2) is 4.79 Å². The smallest absolute Gasteiger partial charge is 0.338 e. The zero-order valence-electron chi connectivity index (χ0n) is 11.7. The fourth-order valence-electron chi connectivity index (χ4n) is 1.75. The molecule has 0 aliphatic carbocycles. The van der Waals surface area contributed by atoms with Crippen LogP contribution in [-0.4, -0.2) is 35.4 Å². The predicted octanol–water partition coefficient (Wildman–Crippen LogP) is 1.90. The molecular formula is C16H16N2O3. The maximum Gasteiger partial charge on any atom is 0.338 e. The van der Waals surface area contributed by atoms with Crippen LogP contribution in [0.25, 0.3) is 0 Å². The minimum atomic E-state index is -0.529. The summed E-state index contributed by atoms with van der Waals surface area (Å²) in [7, 11) is 1.68. The summed E-state index contributed by atoms with van der Waals surface area (Å²) in [6, 6.07) is 12.7. The van der Waals surface area contributed by atoms with Crippen molar-refractivity contribution in [3.63, 3.8) is 0 Å². The quantitative estimate of drug-likeness (QED) is 0.787. The van der Waals surface area contributed by atoms with E-state index in [1.165, 1.54) is 17.3 Å². The van der Waals surface area contributed by atoms with E-state index in [9.17, 15) is 9.59 Å². The van der Waals surface area contributed by atoms with Crippen LogP contribution >= 0.6 is 0 Å². The molecule has 0 atom stereocenters. The molecule has 0 aliphatic rings. The lowest BCUT2D eigenvalue weighted by molar-refractivity contribution is -0.133. The molecule has 1 amide bonds. The maximum atomic E-state index is 11.9. The van der Waals surface area contributed by atoms with E-state index in [1.807, 2.05) is 30.3 Å². The van der Waals surface area contributed by atoms with E-state index in [2.05, 4.69) is 4.98 Å². The average Bonchev–Trinajstić information content (AvgIpc) is 2.54. The lowest BCUT2D eigenvalue weighted by Crippen LogP contribution is -2.30. The number of benzene rings is 1. The average molecular weight is 284 g/mol. The molecular weight excluding hydrogens is 268 g/mol. The van der Waals surface area contributed by atoms with E-state index >= 15 is 0 Å². The van der Waals surface area contributed by atoms with Crippen molar-refractivity contribution >= 4 is 11.9 Å². The Morgan fingerprint density at radius 1 is 1.10 bits per heavy atom. The Kier molecular flexibility index (Phi) is 5.04. The van der Waals surface area contributed by atoms with E-state index in [4.69, 9.17) is 4.74 Å². The molecule has 0 radical (unpaired) electrons. The number of aromatic nitrogens is 1. The third kappa shape index (κ3) is 4.42. The lowest BCUT2D eigenvalue weighted by Gasteiger charge is -2.17. The molecule has 0 N–H and O–H groups in total. The van der Waals surface area contributed by atoms with Crippen LogP contribution in [-0.2, 0) is 16.1 Å². The number of carbonyl (C=O) groups is 2. The van der Waals surface area contributed by atoms with Gasteiger partial charge in [-0.3, -0.25) is 9.78 Å². The fraction of sp³-hybridized carbons (Fsp3) is 0.188. The van der Waals surface area contributed by atoms with Crippen molar-refractivity contribution in [1.82, 2.24) is 9.88 Å². The van der Waals surface area contributed by atoms with Gasteiger partial charge in [-0.2, -0.15) is 0 Å². The zero-order chi connectivity index (χ0) is 15.1. The third-order valence-electron chi connectivity index (χ3n) is 2.93. The van der Waals surface area contributed by atoms with Gasteiger partial charge in [0.1, 0.15) is 0 Å². The Labute approximate surface area is 123 Å². The molecule has 21 heavy (non-hydrogen) atoms. The van der Waals surface area contributed by atoms with Gasteiger partial charge in [0.05, 0.1) is 5.56 Å². The Morgan fingerprint density at radius 3 is 2.43 bits per heavy atom. The van der Waals surface area contributed by atoms with Crippen LogP contribution in [0.3, 0.4) is 0 Å². The SMILES string of the molecule is CN(Cc1ccccc1)C(=O)COC(=O)c1ccncc1. The van der Waals surface area contributed by atoms with Crippen molar-refractivity contribution in [2.24, 2.45) is 0 Å². The van der Waals surface area contributed by atoms with Crippen molar-refractivity contribution in [1.29, 1.82) is 0 Å². The zero-order valence-corrected chi connectivity index (χ0v) is 11.7.